The average molecular weight is 223 g/mol. The summed E-state index contributed by atoms with van der Waals surface area (Å²) in [6.07, 6.45) is 1.72. The summed E-state index contributed by atoms with van der Waals surface area (Å²) in [5.41, 5.74) is 0.941. The first-order chi connectivity index (χ1) is 8.24. The zero-order valence-electron chi connectivity index (χ0n) is 9.63. The Morgan fingerprint density at radius 1 is 1.00 bits per heavy atom. The lowest BCUT2D eigenvalue weighted by Crippen LogP contribution is -1.97. The monoisotopic (exact) mass is 223 g/mol. The van der Waals surface area contributed by atoms with Crippen molar-refractivity contribution in [2.75, 3.05) is 7.05 Å². The number of hydrogen-bond acceptors (Lipinski definition) is 1. The highest BCUT2D eigenvalue weighted by atomic mass is 16.5. The van der Waals surface area contributed by atoms with Crippen LogP contribution in [0.3, 0.4) is 0 Å². The summed E-state index contributed by atoms with van der Waals surface area (Å²) in [4.78, 5) is 0. The fourth-order valence-corrected chi connectivity index (χ4v) is 1.51. The fourth-order valence-electron chi connectivity index (χ4n) is 1.51. The minimum absolute atomic E-state index is 0.770. The van der Waals surface area contributed by atoms with E-state index in [-0.39, 0.29) is 0 Å². The Morgan fingerprint density at radius 3 is 2.41 bits per heavy atom. The molecule has 2 heteroatoms. The Hall–Kier alpha value is -2.22. The maximum Gasteiger partial charge on any atom is 0.127 e. The van der Waals surface area contributed by atoms with E-state index in [0.717, 1.165) is 17.1 Å². The molecule has 2 aromatic rings. The van der Waals surface area contributed by atoms with E-state index in [1.165, 1.54) is 4.58 Å². The molecule has 17 heavy (non-hydrogen) atoms. The van der Waals surface area contributed by atoms with E-state index in [4.69, 9.17) is 11.8 Å². The minimum Gasteiger partial charge on any atom is -0.457 e. The Morgan fingerprint density at radius 2 is 1.71 bits per heavy atom. The van der Waals surface area contributed by atoms with Crippen molar-refractivity contribution in [1.29, 1.82) is 0 Å². The van der Waals surface area contributed by atoms with Crippen LogP contribution >= 0.6 is 0 Å². The van der Waals surface area contributed by atoms with E-state index in [1.807, 2.05) is 54.6 Å². The van der Waals surface area contributed by atoms with Gasteiger partial charge in [-0.3, -0.25) is 0 Å². The first-order valence-corrected chi connectivity index (χ1v) is 5.36. The van der Waals surface area contributed by atoms with E-state index < -0.39 is 0 Å². The second-order valence-electron chi connectivity index (χ2n) is 3.73. The molecular formula is C15H13NO. The Balaban J connectivity index is 2.20. The third kappa shape index (κ3) is 3.38. The fraction of sp³-hybridized carbons (Fsp3) is 0.0667. The number of benzene rings is 2. The molecule has 0 bridgehead atoms. The summed E-state index contributed by atoms with van der Waals surface area (Å²) < 4.78 is 6.97. The van der Waals surface area contributed by atoms with Crippen molar-refractivity contribution in [2.45, 2.75) is 0 Å². The van der Waals surface area contributed by atoms with Crippen LogP contribution in [0, 0.1) is 7.05 Å². The van der Waals surface area contributed by atoms with Gasteiger partial charge < -0.3 is 9.31 Å². The molecule has 0 aliphatic rings. The van der Waals surface area contributed by atoms with E-state index in [1.54, 1.807) is 13.3 Å². The highest BCUT2D eigenvalue weighted by molar-refractivity contribution is 5.76. The van der Waals surface area contributed by atoms with Crippen LogP contribution in [-0.2, 0) is 0 Å². The summed E-state index contributed by atoms with van der Waals surface area (Å²) >= 11 is 0. The molecule has 0 unspecified atom stereocenters. The smallest absolute Gasteiger partial charge is 0.127 e. The number of ether oxygens (including phenoxy) is 1. The van der Waals surface area contributed by atoms with Gasteiger partial charge in [0.15, 0.2) is 0 Å². The minimum atomic E-state index is 0.770. The van der Waals surface area contributed by atoms with E-state index in [0.29, 0.717) is 0 Å². The van der Waals surface area contributed by atoms with Crippen LogP contribution in [-0.4, -0.2) is 17.8 Å². The molecule has 0 aromatic heterocycles. The summed E-state index contributed by atoms with van der Waals surface area (Å²) in [6, 6.07) is 17.3. The van der Waals surface area contributed by atoms with Crippen LogP contribution in [0.5, 0.6) is 11.5 Å². The maximum absolute atomic E-state index is 7.34. The van der Waals surface area contributed by atoms with Crippen molar-refractivity contribution >= 4 is 6.21 Å². The predicted molar refractivity (Wildman–Crippen MR) is 67.6 cm³/mol. The number of para-hydroxylation sites is 1. The van der Waals surface area contributed by atoms with Crippen LogP contribution in [0.15, 0.2) is 54.6 Å². The average Bonchev–Trinajstić information content (AvgIpc) is 2.30. The zero-order chi connectivity index (χ0) is 12.1. The zero-order valence-corrected chi connectivity index (χ0v) is 9.63. The van der Waals surface area contributed by atoms with Crippen LogP contribution in [0.25, 0.3) is 0 Å². The molecule has 2 aromatic carbocycles. The van der Waals surface area contributed by atoms with Gasteiger partial charge in [0.2, 0.25) is 0 Å². The molecule has 0 heterocycles. The largest absolute Gasteiger partial charge is 0.457 e. The van der Waals surface area contributed by atoms with E-state index >= 15 is 0 Å². The van der Waals surface area contributed by atoms with Gasteiger partial charge in [-0.05, 0) is 29.8 Å². The van der Waals surface area contributed by atoms with Crippen molar-refractivity contribution in [3.63, 3.8) is 0 Å². The van der Waals surface area contributed by atoms with Gasteiger partial charge in [0.05, 0.1) is 0 Å². The molecule has 84 valence electrons. The second-order valence-corrected chi connectivity index (χ2v) is 3.73. The number of nitrogens with zero attached hydrogens (tertiary/aromatic N) is 1. The molecule has 0 fully saturated rings. The van der Waals surface area contributed by atoms with Gasteiger partial charge in [-0.25, -0.2) is 0 Å². The second kappa shape index (κ2) is 5.21. The molecule has 0 saturated heterocycles. The van der Waals surface area contributed by atoms with Crippen molar-refractivity contribution in [1.82, 2.24) is 0 Å². The molecular weight excluding hydrogens is 210 g/mol. The SMILES string of the molecule is [C-][N+](C)=Cc1cccc(Oc2ccccc2)c1. The number of rotatable bonds is 3. The highest BCUT2D eigenvalue weighted by Crippen LogP contribution is 2.21. The predicted octanol–water partition coefficient (Wildman–Crippen LogP) is 3.09. The molecule has 2 rings (SSSR count). The first-order valence-electron chi connectivity index (χ1n) is 5.36. The van der Waals surface area contributed by atoms with Crippen molar-refractivity contribution in [3.05, 3.63) is 67.2 Å². The van der Waals surface area contributed by atoms with Gasteiger partial charge in [-0.2, -0.15) is 0 Å². The summed E-state index contributed by atoms with van der Waals surface area (Å²) in [6.45, 7) is 0. The van der Waals surface area contributed by atoms with Crippen LogP contribution in [0.4, 0.5) is 0 Å². The molecule has 2 radical (unpaired) electrons. The van der Waals surface area contributed by atoms with Gasteiger partial charge in [0.1, 0.15) is 18.5 Å². The maximum atomic E-state index is 7.34. The normalized spacial score (nSPS) is 11.2. The summed E-state index contributed by atoms with van der Waals surface area (Å²) in [5, 5.41) is 0. The Labute approximate surface area is 102 Å². The van der Waals surface area contributed by atoms with Gasteiger partial charge >= 0.3 is 0 Å². The van der Waals surface area contributed by atoms with E-state index in [2.05, 4.69) is 0 Å². The van der Waals surface area contributed by atoms with E-state index in [9.17, 15) is 0 Å². The van der Waals surface area contributed by atoms with Crippen LogP contribution in [0.1, 0.15) is 5.56 Å². The third-order valence-corrected chi connectivity index (χ3v) is 2.18. The Bertz CT molecular complexity index is 513. The van der Waals surface area contributed by atoms with Crippen molar-refractivity contribution in [2.24, 2.45) is 0 Å². The first kappa shape index (κ1) is 11.3. The van der Waals surface area contributed by atoms with Gasteiger partial charge in [-0.1, -0.05) is 30.3 Å². The summed E-state index contributed by atoms with van der Waals surface area (Å²) in [5.74, 6) is 1.58. The standard InChI is InChI=1S/C15H13NO/c1-16(2)12-13-7-6-10-15(11-13)17-14-8-4-3-5-9-14/h3-12H,1H3. The molecule has 2 nitrogen and oxygen atoms in total. The lowest BCUT2D eigenvalue weighted by Gasteiger charge is -2.06. The Kier molecular flexibility index (Phi) is 3.46. The third-order valence-electron chi connectivity index (χ3n) is 2.18. The molecule has 0 spiro atoms. The molecule has 0 aliphatic heterocycles. The lowest BCUT2D eigenvalue weighted by atomic mass is 10.2. The van der Waals surface area contributed by atoms with Gasteiger partial charge in [-0.15, -0.1) is 0 Å². The molecule has 0 N–H and O–H groups in total. The molecule has 0 aliphatic carbocycles. The molecule has 0 amide bonds. The lowest BCUT2D eigenvalue weighted by molar-refractivity contribution is -0.424. The van der Waals surface area contributed by atoms with Gasteiger partial charge in [0, 0.05) is 13.3 Å². The molecule has 0 atom stereocenters. The quantitative estimate of drug-likeness (QED) is 0.442. The van der Waals surface area contributed by atoms with Crippen molar-refractivity contribution < 1.29 is 9.31 Å². The van der Waals surface area contributed by atoms with Gasteiger partial charge in [0.25, 0.3) is 0 Å². The van der Waals surface area contributed by atoms with Crippen LogP contribution in [0.2, 0.25) is 0 Å². The van der Waals surface area contributed by atoms with Crippen LogP contribution < -0.4 is 4.74 Å². The number of hydrogen-bond donors (Lipinski definition) is 0. The highest BCUT2D eigenvalue weighted by Gasteiger charge is 1.96. The van der Waals surface area contributed by atoms with Crippen molar-refractivity contribution in [3.8, 4) is 11.5 Å². The summed E-state index contributed by atoms with van der Waals surface area (Å²) in [7, 11) is 9.02. The topological polar surface area (TPSA) is 12.2 Å². The molecule has 0 saturated carbocycles.